The van der Waals surface area contributed by atoms with Gasteiger partial charge in [0.25, 0.3) is 0 Å². The summed E-state index contributed by atoms with van der Waals surface area (Å²) in [6.45, 7) is 6.54. The van der Waals surface area contributed by atoms with E-state index in [1.807, 2.05) is 12.1 Å². The van der Waals surface area contributed by atoms with E-state index in [4.69, 9.17) is 4.74 Å². The Labute approximate surface area is 96.4 Å². The van der Waals surface area contributed by atoms with Crippen molar-refractivity contribution < 1.29 is 14.3 Å². The SMILES string of the molecule is COC(=O)CCOc1cc(C)c(C)c(C)c1. The van der Waals surface area contributed by atoms with E-state index in [2.05, 4.69) is 25.5 Å². The van der Waals surface area contributed by atoms with Crippen LogP contribution in [-0.2, 0) is 9.53 Å². The van der Waals surface area contributed by atoms with E-state index in [0.29, 0.717) is 6.61 Å². The number of esters is 1. The molecule has 0 fully saturated rings. The fraction of sp³-hybridized carbons (Fsp3) is 0.462. The van der Waals surface area contributed by atoms with Crippen LogP contribution in [0.3, 0.4) is 0 Å². The number of ether oxygens (including phenoxy) is 2. The number of methoxy groups -OCH3 is 1. The largest absolute Gasteiger partial charge is 0.493 e. The number of carbonyl (C=O) groups excluding carboxylic acids is 1. The molecule has 0 aliphatic heterocycles. The predicted octanol–water partition coefficient (Wildman–Crippen LogP) is 2.55. The van der Waals surface area contributed by atoms with Crippen LogP contribution in [0.25, 0.3) is 0 Å². The average molecular weight is 222 g/mol. The Kier molecular flexibility index (Phi) is 4.35. The van der Waals surface area contributed by atoms with Crippen molar-refractivity contribution in [2.24, 2.45) is 0 Å². The molecule has 1 aromatic carbocycles. The molecule has 0 atom stereocenters. The molecule has 0 saturated heterocycles. The highest BCUT2D eigenvalue weighted by Gasteiger charge is 2.04. The number of aryl methyl sites for hydroxylation is 2. The van der Waals surface area contributed by atoms with Crippen LogP contribution in [-0.4, -0.2) is 19.7 Å². The molecule has 88 valence electrons. The van der Waals surface area contributed by atoms with Gasteiger partial charge in [0.15, 0.2) is 0 Å². The predicted molar refractivity (Wildman–Crippen MR) is 62.8 cm³/mol. The van der Waals surface area contributed by atoms with Gasteiger partial charge in [-0.1, -0.05) is 0 Å². The van der Waals surface area contributed by atoms with Crippen molar-refractivity contribution in [1.82, 2.24) is 0 Å². The maximum atomic E-state index is 10.9. The lowest BCUT2D eigenvalue weighted by molar-refractivity contribution is -0.141. The second-order valence-corrected chi connectivity index (χ2v) is 3.86. The summed E-state index contributed by atoms with van der Waals surface area (Å²) < 4.78 is 10.0. The first-order valence-corrected chi connectivity index (χ1v) is 5.32. The zero-order chi connectivity index (χ0) is 12.1. The van der Waals surface area contributed by atoms with Gasteiger partial charge in [0.1, 0.15) is 5.75 Å². The van der Waals surface area contributed by atoms with Crippen molar-refractivity contribution in [2.75, 3.05) is 13.7 Å². The molecule has 0 bridgehead atoms. The summed E-state index contributed by atoms with van der Waals surface area (Å²) in [6.07, 6.45) is 0.280. The average Bonchev–Trinajstić information content (AvgIpc) is 2.25. The van der Waals surface area contributed by atoms with Gasteiger partial charge in [-0.25, -0.2) is 0 Å². The van der Waals surface area contributed by atoms with Crippen molar-refractivity contribution in [3.8, 4) is 5.75 Å². The van der Waals surface area contributed by atoms with Crippen molar-refractivity contribution >= 4 is 5.97 Å². The van der Waals surface area contributed by atoms with Crippen LogP contribution >= 0.6 is 0 Å². The van der Waals surface area contributed by atoms with Gasteiger partial charge in [0, 0.05) is 0 Å². The first-order valence-electron chi connectivity index (χ1n) is 5.32. The van der Waals surface area contributed by atoms with Gasteiger partial charge < -0.3 is 9.47 Å². The number of hydrogen-bond donors (Lipinski definition) is 0. The first kappa shape index (κ1) is 12.6. The highest BCUT2D eigenvalue weighted by Crippen LogP contribution is 2.20. The van der Waals surface area contributed by atoms with Crippen molar-refractivity contribution in [3.63, 3.8) is 0 Å². The Balaban J connectivity index is 2.58. The minimum Gasteiger partial charge on any atom is -0.493 e. The molecule has 0 aromatic heterocycles. The zero-order valence-electron chi connectivity index (χ0n) is 10.3. The molecule has 0 spiro atoms. The Bertz CT molecular complexity index is 360. The number of hydrogen-bond acceptors (Lipinski definition) is 3. The van der Waals surface area contributed by atoms with Gasteiger partial charge in [-0.2, -0.15) is 0 Å². The Morgan fingerprint density at radius 2 is 1.75 bits per heavy atom. The monoisotopic (exact) mass is 222 g/mol. The van der Waals surface area contributed by atoms with E-state index in [1.54, 1.807) is 0 Å². The van der Waals surface area contributed by atoms with Crippen LogP contribution in [0.1, 0.15) is 23.1 Å². The van der Waals surface area contributed by atoms with Crippen LogP contribution in [0, 0.1) is 20.8 Å². The van der Waals surface area contributed by atoms with Crippen molar-refractivity contribution in [3.05, 3.63) is 28.8 Å². The number of carbonyl (C=O) groups is 1. The third-order valence-corrected chi connectivity index (χ3v) is 2.70. The molecule has 3 heteroatoms. The highest BCUT2D eigenvalue weighted by molar-refractivity contribution is 5.69. The molecular weight excluding hydrogens is 204 g/mol. The van der Waals surface area contributed by atoms with Crippen LogP contribution in [0.4, 0.5) is 0 Å². The molecule has 0 saturated carbocycles. The lowest BCUT2D eigenvalue weighted by Crippen LogP contribution is -2.07. The third-order valence-electron chi connectivity index (χ3n) is 2.70. The lowest BCUT2D eigenvalue weighted by atomic mass is 10.0. The molecule has 3 nitrogen and oxygen atoms in total. The Morgan fingerprint density at radius 1 is 1.19 bits per heavy atom. The zero-order valence-corrected chi connectivity index (χ0v) is 10.3. The topological polar surface area (TPSA) is 35.5 Å². The van der Waals surface area contributed by atoms with E-state index < -0.39 is 0 Å². The second-order valence-electron chi connectivity index (χ2n) is 3.86. The molecule has 1 aromatic rings. The summed E-state index contributed by atoms with van der Waals surface area (Å²) >= 11 is 0. The van der Waals surface area contributed by atoms with Gasteiger partial charge in [-0.05, 0) is 49.6 Å². The minimum absolute atomic E-state index is 0.249. The summed E-state index contributed by atoms with van der Waals surface area (Å²) in [5.74, 6) is 0.560. The maximum Gasteiger partial charge on any atom is 0.308 e. The summed E-state index contributed by atoms with van der Waals surface area (Å²) in [5, 5.41) is 0. The molecule has 0 radical (unpaired) electrons. The molecule has 0 amide bonds. The van der Waals surface area contributed by atoms with E-state index in [-0.39, 0.29) is 12.4 Å². The van der Waals surface area contributed by atoms with E-state index >= 15 is 0 Å². The van der Waals surface area contributed by atoms with E-state index in [0.717, 1.165) is 5.75 Å². The summed E-state index contributed by atoms with van der Waals surface area (Å²) in [4.78, 5) is 10.9. The van der Waals surface area contributed by atoms with Crippen molar-refractivity contribution in [1.29, 1.82) is 0 Å². The van der Waals surface area contributed by atoms with Gasteiger partial charge >= 0.3 is 5.97 Å². The van der Waals surface area contributed by atoms with Crippen LogP contribution < -0.4 is 4.74 Å². The molecule has 0 aliphatic rings. The van der Waals surface area contributed by atoms with Gasteiger partial charge in [-0.3, -0.25) is 4.79 Å². The lowest BCUT2D eigenvalue weighted by Gasteiger charge is -2.10. The van der Waals surface area contributed by atoms with Gasteiger partial charge in [0.2, 0.25) is 0 Å². The van der Waals surface area contributed by atoms with E-state index in [1.165, 1.54) is 23.8 Å². The Hall–Kier alpha value is -1.51. The molecule has 16 heavy (non-hydrogen) atoms. The van der Waals surface area contributed by atoms with Crippen LogP contribution in [0.15, 0.2) is 12.1 Å². The van der Waals surface area contributed by atoms with Crippen molar-refractivity contribution in [2.45, 2.75) is 27.2 Å². The van der Waals surface area contributed by atoms with Crippen LogP contribution in [0.2, 0.25) is 0 Å². The maximum absolute atomic E-state index is 10.9. The first-order chi connectivity index (χ1) is 7.54. The van der Waals surface area contributed by atoms with Crippen LogP contribution in [0.5, 0.6) is 5.75 Å². The normalized spacial score (nSPS) is 10.0. The summed E-state index contributed by atoms with van der Waals surface area (Å²) in [5.41, 5.74) is 3.68. The smallest absolute Gasteiger partial charge is 0.308 e. The fourth-order valence-corrected chi connectivity index (χ4v) is 1.43. The second kappa shape index (κ2) is 5.54. The third kappa shape index (κ3) is 3.26. The molecule has 0 unspecified atom stereocenters. The van der Waals surface area contributed by atoms with Gasteiger partial charge in [0.05, 0.1) is 20.1 Å². The highest BCUT2D eigenvalue weighted by atomic mass is 16.5. The molecular formula is C13H18O3. The number of benzene rings is 1. The molecule has 1 rings (SSSR count). The number of rotatable bonds is 4. The van der Waals surface area contributed by atoms with E-state index in [9.17, 15) is 4.79 Å². The summed E-state index contributed by atoms with van der Waals surface area (Å²) in [6, 6.07) is 3.97. The fourth-order valence-electron chi connectivity index (χ4n) is 1.43. The molecule has 0 aliphatic carbocycles. The summed E-state index contributed by atoms with van der Waals surface area (Å²) in [7, 11) is 1.38. The molecule has 0 N–H and O–H groups in total. The standard InChI is InChI=1S/C13H18O3/c1-9-7-12(8-10(2)11(9)3)16-6-5-13(14)15-4/h7-8H,5-6H2,1-4H3. The molecule has 0 heterocycles. The minimum atomic E-state index is -0.249. The Morgan fingerprint density at radius 3 is 2.25 bits per heavy atom. The quantitative estimate of drug-likeness (QED) is 0.734. The van der Waals surface area contributed by atoms with Gasteiger partial charge in [-0.15, -0.1) is 0 Å².